The van der Waals surface area contributed by atoms with E-state index in [1.54, 1.807) is 30.6 Å². The van der Waals surface area contributed by atoms with E-state index < -0.39 is 12.1 Å². The third-order valence-electron chi connectivity index (χ3n) is 5.87. The number of pyridine rings is 1. The van der Waals surface area contributed by atoms with Gasteiger partial charge in [-0.3, -0.25) is 4.98 Å². The van der Waals surface area contributed by atoms with Gasteiger partial charge in [0.1, 0.15) is 17.6 Å². The lowest BCUT2D eigenvalue weighted by Crippen LogP contribution is -2.36. The lowest BCUT2D eigenvalue weighted by Gasteiger charge is -2.27. The molecule has 0 saturated carbocycles. The van der Waals surface area contributed by atoms with Gasteiger partial charge in [0.15, 0.2) is 0 Å². The summed E-state index contributed by atoms with van der Waals surface area (Å²) < 4.78 is 12.1. The fourth-order valence-electron chi connectivity index (χ4n) is 4.05. The zero-order valence-corrected chi connectivity index (χ0v) is 19.2. The summed E-state index contributed by atoms with van der Waals surface area (Å²) in [7, 11) is 0. The van der Waals surface area contributed by atoms with E-state index in [0.29, 0.717) is 25.4 Å². The summed E-state index contributed by atoms with van der Waals surface area (Å²) in [5.41, 5.74) is 3.96. The molecule has 178 valence electrons. The van der Waals surface area contributed by atoms with E-state index in [9.17, 15) is 15.0 Å². The third-order valence-corrected chi connectivity index (χ3v) is 5.87. The maximum absolute atomic E-state index is 11.4. The monoisotopic (exact) mass is 462 g/mol. The van der Waals surface area contributed by atoms with Gasteiger partial charge in [-0.05, 0) is 66.8 Å². The van der Waals surface area contributed by atoms with Crippen LogP contribution >= 0.6 is 0 Å². The van der Waals surface area contributed by atoms with Crippen LogP contribution in [-0.4, -0.2) is 47.0 Å². The maximum Gasteiger partial charge on any atom is 0.335 e. The molecule has 1 aromatic heterocycles. The second-order valence-corrected chi connectivity index (χ2v) is 8.43. The van der Waals surface area contributed by atoms with E-state index in [1.807, 2.05) is 31.2 Å². The van der Waals surface area contributed by atoms with Gasteiger partial charge < -0.3 is 25.0 Å². The van der Waals surface area contributed by atoms with Crippen molar-refractivity contribution in [3.63, 3.8) is 0 Å². The van der Waals surface area contributed by atoms with Gasteiger partial charge in [-0.1, -0.05) is 19.1 Å². The minimum absolute atomic E-state index is 0.0257. The predicted octanol–water partition coefficient (Wildman–Crippen LogP) is 4.25. The zero-order chi connectivity index (χ0) is 23.9. The minimum Gasteiger partial charge on any atom is -0.493 e. The van der Waals surface area contributed by atoms with Gasteiger partial charge in [-0.25, -0.2) is 4.79 Å². The van der Waals surface area contributed by atoms with Crippen molar-refractivity contribution in [3.05, 3.63) is 77.6 Å². The maximum atomic E-state index is 11.4. The molecule has 0 bridgehead atoms. The molecule has 0 spiro atoms. The number of benzene rings is 2. The number of hydrogen-bond donors (Lipinski definition) is 3. The molecule has 2 aromatic carbocycles. The quantitative estimate of drug-likeness (QED) is 0.414. The number of fused-ring (bicyclic) bond motifs is 1. The molecule has 0 radical (unpaired) electrons. The molecule has 0 fully saturated rings. The standard InChI is InChI=1S/C27H30N2O5/c1-2-12-33-26-14-20(27(31)32)6-9-23(26)18-7-10-25-19(13-18)5-8-22(34-25)16-29-17-24(30)21-4-3-11-28-15-21/h3-4,6-7,9-11,13-15,22,24,29-30H,2,5,8,12,16-17H2,1H3,(H,31,32)/t22-,24-/m1/s1. The third kappa shape index (κ3) is 5.73. The smallest absolute Gasteiger partial charge is 0.335 e. The number of hydrogen-bond acceptors (Lipinski definition) is 6. The zero-order valence-electron chi connectivity index (χ0n) is 19.2. The SMILES string of the molecule is CCCOc1cc(C(=O)O)ccc1-c1ccc2c(c1)CC[C@H](CNC[C@@H](O)c1cccnc1)O2. The number of carbonyl (C=O) groups is 1. The molecule has 0 amide bonds. The Balaban J connectivity index is 1.41. The molecule has 2 heterocycles. The van der Waals surface area contributed by atoms with Crippen molar-refractivity contribution < 1.29 is 24.5 Å². The summed E-state index contributed by atoms with van der Waals surface area (Å²) in [6.07, 6.45) is 5.35. The first kappa shape index (κ1) is 23.7. The Kier molecular flexibility index (Phi) is 7.77. The molecule has 3 N–H and O–H groups in total. The van der Waals surface area contributed by atoms with E-state index in [4.69, 9.17) is 9.47 Å². The first-order chi connectivity index (χ1) is 16.5. The van der Waals surface area contributed by atoms with Crippen LogP contribution in [0.5, 0.6) is 11.5 Å². The van der Waals surface area contributed by atoms with Gasteiger partial charge >= 0.3 is 5.97 Å². The Morgan fingerprint density at radius 2 is 2.15 bits per heavy atom. The average Bonchev–Trinajstić information content (AvgIpc) is 2.87. The normalized spacial score (nSPS) is 15.8. The Morgan fingerprint density at radius 3 is 2.91 bits per heavy atom. The summed E-state index contributed by atoms with van der Waals surface area (Å²) in [4.78, 5) is 15.4. The van der Waals surface area contributed by atoms with Crippen LogP contribution in [0.4, 0.5) is 0 Å². The second kappa shape index (κ2) is 11.1. The van der Waals surface area contributed by atoms with Crippen LogP contribution in [0.3, 0.4) is 0 Å². The summed E-state index contributed by atoms with van der Waals surface area (Å²) >= 11 is 0. The van der Waals surface area contributed by atoms with Crippen molar-refractivity contribution in [2.45, 2.75) is 38.4 Å². The first-order valence-corrected chi connectivity index (χ1v) is 11.6. The van der Waals surface area contributed by atoms with Gasteiger partial charge in [0.05, 0.1) is 18.3 Å². The molecular weight excluding hydrogens is 432 g/mol. The van der Waals surface area contributed by atoms with Crippen molar-refractivity contribution in [1.29, 1.82) is 0 Å². The highest BCUT2D eigenvalue weighted by Gasteiger charge is 2.21. The van der Waals surface area contributed by atoms with Crippen molar-refractivity contribution in [1.82, 2.24) is 10.3 Å². The van der Waals surface area contributed by atoms with Gasteiger partial charge in [0.25, 0.3) is 0 Å². The minimum atomic E-state index is -0.973. The molecule has 4 rings (SSSR count). The molecule has 1 aliphatic rings. The lowest BCUT2D eigenvalue weighted by molar-refractivity contribution is 0.0696. The highest BCUT2D eigenvalue weighted by molar-refractivity contribution is 5.89. The fourth-order valence-corrected chi connectivity index (χ4v) is 4.05. The van der Waals surface area contributed by atoms with E-state index in [2.05, 4.69) is 16.4 Å². The van der Waals surface area contributed by atoms with E-state index in [-0.39, 0.29) is 11.7 Å². The van der Waals surface area contributed by atoms with Crippen LogP contribution < -0.4 is 14.8 Å². The Labute approximate surface area is 199 Å². The van der Waals surface area contributed by atoms with Crippen molar-refractivity contribution in [2.24, 2.45) is 0 Å². The number of nitrogens with one attached hydrogen (secondary N) is 1. The largest absolute Gasteiger partial charge is 0.493 e. The van der Waals surface area contributed by atoms with Crippen LogP contribution in [0.1, 0.15) is 47.4 Å². The lowest BCUT2D eigenvalue weighted by atomic mass is 9.96. The number of rotatable bonds is 10. The number of carboxylic acids is 1. The summed E-state index contributed by atoms with van der Waals surface area (Å²) in [6, 6.07) is 14.7. The second-order valence-electron chi connectivity index (χ2n) is 8.43. The number of aromatic nitrogens is 1. The first-order valence-electron chi connectivity index (χ1n) is 11.6. The molecule has 2 atom stereocenters. The van der Waals surface area contributed by atoms with E-state index >= 15 is 0 Å². The Hall–Kier alpha value is -3.42. The highest BCUT2D eigenvalue weighted by atomic mass is 16.5. The molecule has 0 saturated heterocycles. The summed E-state index contributed by atoms with van der Waals surface area (Å²) in [6.45, 7) is 3.62. The van der Waals surface area contributed by atoms with Crippen LogP contribution in [0, 0.1) is 0 Å². The predicted molar refractivity (Wildman–Crippen MR) is 129 cm³/mol. The molecule has 34 heavy (non-hydrogen) atoms. The molecule has 7 heteroatoms. The number of aryl methyl sites for hydroxylation is 1. The molecule has 0 unspecified atom stereocenters. The fraction of sp³-hybridized carbons (Fsp3) is 0.333. The van der Waals surface area contributed by atoms with E-state index in [1.165, 1.54) is 0 Å². The number of aromatic carboxylic acids is 1. The van der Waals surface area contributed by atoms with Crippen molar-refractivity contribution in [3.8, 4) is 22.6 Å². The topological polar surface area (TPSA) is 101 Å². The van der Waals surface area contributed by atoms with Crippen LogP contribution in [0.25, 0.3) is 11.1 Å². The van der Waals surface area contributed by atoms with Crippen LogP contribution in [-0.2, 0) is 6.42 Å². The van der Waals surface area contributed by atoms with Gasteiger partial charge in [0, 0.05) is 36.6 Å². The van der Waals surface area contributed by atoms with Crippen molar-refractivity contribution >= 4 is 5.97 Å². The molecule has 3 aromatic rings. The number of carboxylic acid groups (broad SMARTS) is 1. The van der Waals surface area contributed by atoms with Crippen LogP contribution in [0.15, 0.2) is 60.9 Å². The van der Waals surface area contributed by atoms with Gasteiger partial charge in [-0.2, -0.15) is 0 Å². The number of aliphatic hydroxyl groups is 1. The van der Waals surface area contributed by atoms with Crippen molar-refractivity contribution in [2.75, 3.05) is 19.7 Å². The molecule has 1 aliphatic heterocycles. The summed E-state index contributed by atoms with van der Waals surface area (Å²) in [5, 5.41) is 22.9. The number of nitrogens with zero attached hydrogens (tertiary/aromatic N) is 1. The molecule has 7 nitrogen and oxygen atoms in total. The van der Waals surface area contributed by atoms with Gasteiger partial charge in [-0.15, -0.1) is 0 Å². The van der Waals surface area contributed by atoms with E-state index in [0.717, 1.165) is 47.3 Å². The number of ether oxygens (including phenoxy) is 2. The molecule has 0 aliphatic carbocycles. The Bertz CT molecular complexity index is 1120. The summed E-state index contributed by atoms with van der Waals surface area (Å²) in [5.74, 6) is 0.458. The average molecular weight is 463 g/mol. The number of aliphatic hydroxyl groups excluding tert-OH is 1. The van der Waals surface area contributed by atoms with Gasteiger partial charge in [0.2, 0.25) is 0 Å². The molecular formula is C27H30N2O5. The van der Waals surface area contributed by atoms with Crippen LogP contribution in [0.2, 0.25) is 0 Å². The Morgan fingerprint density at radius 1 is 1.26 bits per heavy atom. The highest BCUT2D eigenvalue weighted by Crippen LogP contribution is 2.36.